The number of hydrogen-bond acceptors (Lipinski definition) is 4. The molecule has 0 spiro atoms. The summed E-state index contributed by atoms with van der Waals surface area (Å²) in [5, 5.41) is 0. The van der Waals surface area contributed by atoms with Crippen molar-refractivity contribution >= 4 is 11.5 Å². The number of hydrogen-bond donors (Lipinski definition) is 0. The van der Waals surface area contributed by atoms with Gasteiger partial charge >= 0.3 is 0 Å². The van der Waals surface area contributed by atoms with Crippen LogP contribution in [0.25, 0.3) is 0 Å². The van der Waals surface area contributed by atoms with Crippen LogP contribution in [-0.4, -0.2) is 67.9 Å². The van der Waals surface area contributed by atoms with Gasteiger partial charge in [0.05, 0.1) is 12.2 Å². The highest BCUT2D eigenvalue weighted by Gasteiger charge is 2.23. The molecule has 1 aromatic carbocycles. The lowest BCUT2D eigenvalue weighted by molar-refractivity contribution is -0.118. The molecule has 0 aliphatic carbocycles. The molecule has 1 aromatic rings. The first kappa shape index (κ1) is 19.3. The summed E-state index contributed by atoms with van der Waals surface area (Å²) in [7, 11) is 0. The Morgan fingerprint density at radius 3 is 2.42 bits per heavy atom. The summed E-state index contributed by atoms with van der Waals surface area (Å²) in [4.78, 5) is 18.2. The summed E-state index contributed by atoms with van der Waals surface area (Å²) in [6, 6.07) is 5.37. The van der Waals surface area contributed by atoms with Gasteiger partial charge in [-0.2, -0.15) is 0 Å². The van der Waals surface area contributed by atoms with E-state index >= 15 is 0 Å². The molecule has 0 amide bonds. The van der Waals surface area contributed by atoms with Crippen LogP contribution in [0.5, 0.6) is 0 Å². The van der Waals surface area contributed by atoms with Gasteiger partial charge in [0.1, 0.15) is 11.6 Å². The minimum Gasteiger partial charge on any atom is -0.367 e. The van der Waals surface area contributed by atoms with Gasteiger partial charge in [-0.05, 0) is 76.4 Å². The fourth-order valence-electron chi connectivity index (χ4n) is 4.19. The third-order valence-electron chi connectivity index (χ3n) is 5.82. The van der Waals surface area contributed by atoms with Crippen molar-refractivity contribution < 1.29 is 9.18 Å². The zero-order valence-corrected chi connectivity index (χ0v) is 16.2. The van der Waals surface area contributed by atoms with E-state index in [9.17, 15) is 9.18 Å². The first-order valence-electron chi connectivity index (χ1n) is 9.96. The summed E-state index contributed by atoms with van der Waals surface area (Å²) in [6.07, 6.45) is 3.66. The minimum atomic E-state index is -0.110. The van der Waals surface area contributed by atoms with Crippen LogP contribution in [0.2, 0.25) is 0 Å². The highest BCUT2D eigenvalue weighted by atomic mass is 19.1. The van der Waals surface area contributed by atoms with Crippen molar-refractivity contribution in [2.24, 2.45) is 5.92 Å². The Kier molecular flexibility index (Phi) is 6.65. The highest BCUT2D eigenvalue weighted by molar-refractivity contribution is 5.77. The van der Waals surface area contributed by atoms with Crippen LogP contribution in [-0.2, 0) is 4.79 Å². The maximum absolute atomic E-state index is 14.1. The molecule has 0 N–H and O–H groups in total. The summed E-state index contributed by atoms with van der Waals surface area (Å²) in [5.41, 5.74) is 1.86. The summed E-state index contributed by atoms with van der Waals surface area (Å²) in [6.45, 7) is 11.4. The molecule has 2 aliphatic rings. The second-order valence-electron chi connectivity index (χ2n) is 7.99. The van der Waals surface area contributed by atoms with Crippen molar-refractivity contribution in [1.29, 1.82) is 0 Å². The van der Waals surface area contributed by atoms with Crippen LogP contribution in [0.15, 0.2) is 18.2 Å². The number of carbonyl (C=O) groups is 1. The lowest BCUT2D eigenvalue weighted by Gasteiger charge is -2.37. The molecule has 26 heavy (non-hydrogen) atoms. The molecule has 0 aromatic heterocycles. The van der Waals surface area contributed by atoms with Gasteiger partial charge in [0.2, 0.25) is 0 Å². The molecule has 5 heteroatoms. The lowest BCUT2D eigenvalue weighted by atomic mass is 9.93. The van der Waals surface area contributed by atoms with Gasteiger partial charge < -0.3 is 4.90 Å². The molecule has 144 valence electrons. The fourth-order valence-corrected chi connectivity index (χ4v) is 4.19. The Morgan fingerprint density at radius 1 is 1.08 bits per heavy atom. The number of halogens is 1. The predicted octanol–water partition coefficient (Wildman–Crippen LogP) is 2.95. The van der Waals surface area contributed by atoms with Crippen LogP contribution in [0.3, 0.4) is 0 Å². The van der Waals surface area contributed by atoms with E-state index in [2.05, 4.69) is 14.7 Å². The van der Waals surface area contributed by atoms with Gasteiger partial charge in [-0.25, -0.2) is 4.39 Å². The maximum Gasteiger partial charge on any atom is 0.146 e. The molecule has 0 bridgehead atoms. The minimum absolute atomic E-state index is 0.110. The Balaban J connectivity index is 1.38. The third-order valence-corrected chi connectivity index (χ3v) is 5.82. The summed E-state index contributed by atoms with van der Waals surface area (Å²) < 4.78 is 14.1. The molecule has 0 unspecified atom stereocenters. The normalized spacial score (nSPS) is 20.5. The first-order chi connectivity index (χ1) is 12.5. The zero-order valence-electron chi connectivity index (χ0n) is 16.2. The smallest absolute Gasteiger partial charge is 0.146 e. The van der Waals surface area contributed by atoms with E-state index in [1.54, 1.807) is 13.0 Å². The number of nitrogens with zero attached hydrogens (tertiary/aromatic N) is 3. The number of rotatable bonds is 6. The standard InChI is InChI=1S/C21H32FN3O/c1-17-3-4-20(22)21(15-17)25-13-11-23(12-14-25)8-5-19-6-9-24(10-7-19)16-18(2)26/h3-4,15,19H,5-14,16H2,1-2H3. The average Bonchev–Trinajstić information content (AvgIpc) is 2.63. The van der Waals surface area contributed by atoms with Gasteiger partial charge in [0.25, 0.3) is 0 Å². The van der Waals surface area contributed by atoms with Crippen LogP contribution < -0.4 is 4.90 Å². The van der Waals surface area contributed by atoms with Crippen molar-refractivity contribution in [3.63, 3.8) is 0 Å². The number of anilines is 1. The van der Waals surface area contributed by atoms with Crippen LogP contribution in [0.1, 0.15) is 31.7 Å². The zero-order chi connectivity index (χ0) is 18.5. The van der Waals surface area contributed by atoms with Gasteiger partial charge in [-0.3, -0.25) is 14.6 Å². The number of ketones is 1. The number of aryl methyl sites for hydroxylation is 1. The second kappa shape index (κ2) is 8.96. The number of benzene rings is 1. The number of likely N-dealkylation sites (tertiary alicyclic amines) is 1. The quantitative estimate of drug-likeness (QED) is 0.778. The van der Waals surface area contributed by atoms with E-state index in [4.69, 9.17) is 0 Å². The lowest BCUT2D eigenvalue weighted by Crippen LogP contribution is -2.47. The molecule has 2 heterocycles. The van der Waals surface area contributed by atoms with E-state index in [-0.39, 0.29) is 11.6 Å². The summed E-state index contributed by atoms with van der Waals surface area (Å²) >= 11 is 0. The molecule has 2 saturated heterocycles. The van der Waals surface area contributed by atoms with Crippen LogP contribution in [0.4, 0.5) is 10.1 Å². The fraction of sp³-hybridized carbons (Fsp3) is 0.667. The van der Waals surface area contributed by atoms with Gasteiger partial charge in [0.15, 0.2) is 0 Å². The van der Waals surface area contributed by atoms with Crippen LogP contribution >= 0.6 is 0 Å². The van der Waals surface area contributed by atoms with E-state index < -0.39 is 0 Å². The van der Waals surface area contributed by atoms with Crippen LogP contribution in [0, 0.1) is 18.7 Å². The number of Topliss-reactive ketones (excluding diaryl/α,β-unsaturated/α-hetero) is 1. The Bertz CT molecular complexity index is 605. The van der Waals surface area contributed by atoms with Crippen molar-refractivity contribution in [3.05, 3.63) is 29.6 Å². The monoisotopic (exact) mass is 361 g/mol. The third kappa shape index (κ3) is 5.27. The second-order valence-corrected chi connectivity index (χ2v) is 7.99. The van der Waals surface area contributed by atoms with Gasteiger partial charge in [0, 0.05) is 26.2 Å². The van der Waals surface area contributed by atoms with Gasteiger partial charge in [-0.1, -0.05) is 6.07 Å². The number of piperidine rings is 1. The Labute approximate surface area is 157 Å². The Morgan fingerprint density at radius 2 is 1.77 bits per heavy atom. The van der Waals surface area contributed by atoms with Crippen molar-refractivity contribution in [1.82, 2.24) is 9.80 Å². The Hall–Kier alpha value is -1.46. The number of carbonyl (C=O) groups excluding carboxylic acids is 1. The summed E-state index contributed by atoms with van der Waals surface area (Å²) in [5.74, 6) is 0.943. The first-order valence-corrected chi connectivity index (χ1v) is 9.96. The molecule has 0 atom stereocenters. The molecule has 2 fully saturated rings. The van der Waals surface area contributed by atoms with Crippen molar-refractivity contribution in [2.75, 3.05) is 57.3 Å². The SMILES string of the molecule is CC(=O)CN1CCC(CCN2CCN(c3cc(C)ccc3F)CC2)CC1. The molecule has 0 saturated carbocycles. The van der Waals surface area contributed by atoms with E-state index in [1.165, 1.54) is 19.3 Å². The molecule has 2 aliphatic heterocycles. The average molecular weight is 362 g/mol. The topological polar surface area (TPSA) is 26.8 Å². The molecule has 4 nitrogen and oxygen atoms in total. The number of piperazine rings is 1. The van der Waals surface area contributed by atoms with Crippen molar-refractivity contribution in [3.8, 4) is 0 Å². The van der Waals surface area contributed by atoms with Crippen molar-refractivity contribution in [2.45, 2.75) is 33.1 Å². The van der Waals surface area contributed by atoms with E-state index in [0.717, 1.165) is 63.0 Å². The largest absolute Gasteiger partial charge is 0.367 e. The van der Waals surface area contributed by atoms with Gasteiger partial charge in [-0.15, -0.1) is 0 Å². The highest BCUT2D eigenvalue weighted by Crippen LogP contribution is 2.24. The van der Waals surface area contributed by atoms with E-state index in [0.29, 0.717) is 6.54 Å². The maximum atomic E-state index is 14.1. The van der Waals surface area contributed by atoms with E-state index in [1.807, 2.05) is 19.1 Å². The molecule has 0 radical (unpaired) electrons. The predicted molar refractivity (Wildman–Crippen MR) is 104 cm³/mol. The molecular weight excluding hydrogens is 329 g/mol. The molecular formula is C21H32FN3O. The molecule has 3 rings (SSSR count).